The number of anilines is 3. The number of benzene rings is 1. The maximum atomic E-state index is 6.00. The van der Waals surface area contributed by atoms with Crippen LogP contribution in [0.1, 0.15) is 19.3 Å². The summed E-state index contributed by atoms with van der Waals surface area (Å²) in [6.45, 7) is 2.04. The Morgan fingerprint density at radius 3 is 2.43 bits per heavy atom. The first-order chi connectivity index (χ1) is 10.2. The van der Waals surface area contributed by atoms with Crippen LogP contribution in [0.15, 0.2) is 30.5 Å². The number of hydrogen-bond donors (Lipinski definition) is 1. The monoisotopic (exact) mass is 322 g/mol. The molecule has 0 radical (unpaired) electrons. The third kappa shape index (κ3) is 3.77. The van der Waals surface area contributed by atoms with Gasteiger partial charge in [0.1, 0.15) is 5.82 Å². The van der Waals surface area contributed by atoms with Crippen molar-refractivity contribution in [2.45, 2.75) is 19.3 Å². The Kier molecular flexibility index (Phi) is 4.46. The van der Waals surface area contributed by atoms with E-state index in [4.69, 9.17) is 23.2 Å². The lowest BCUT2D eigenvalue weighted by molar-refractivity contribution is 0.568. The molecule has 2 heterocycles. The summed E-state index contributed by atoms with van der Waals surface area (Å²) >= 11 is 12.0. The van der Waals surface area contributed by atoms with Crippen LogP contribution in [0.25, 0.3) is 0 Å². The topological polar surface area (TPSA) is 41.1 Å². The van der Waals surface area contributed by atoms with Crippen LogP contribution in [0, 0.1) is 0 Å². The lowest BCUT2D eigenvalue weighted by Gasteiger charge is -2.26. The number of nitrogens with zero attached hydrogens (tertiary/aromatic N) is 3. The first kappa shape index (κ1) is 14.4. The molecule has 0 spiro atoms. The molecule has 1 aliphatic rings. The highest BCUT2D eigenvalue weighted by molar-refractivity contribution is 6.35. The molecule has 0 saturated carbocycles. The maximum absolute atomic E-state index is 6.00. The average molecular weight is 323 g/mol. The highest BCUT2D eigenvalue weighted by Gasteiger charge is 2.13. The SMILES string of the molecule is Clc1cc(Cl)cc(Nc2ccnc(N3CCCCC3)n2)c1. The Morgan fingerprint density at radius 1 is 1.00 bits per heavy atom. The summed E-state index contributed by atoms with van der Waals surface area (Å²) in [6.07, 6.45) is 5.46. The van der Waals surface area contributed by atoms with E-state index >= 15 is 0 Å². The maximum Gasteiger partial charge on any atom is 0.227 e. The van der Waals surface area contributed by atoms with Crippen molar-refractivity contribution in [1.82, 2.24) is 9.97 Å². The van der Waals surface area contributed by atoms with Crippen molar-refractivity contribution in [3.8, 4) is 0 Å². The largest absolute Gasteiger partial charge is 0.341 e. The van der Waals surface area contributed by atoms with E-state index in [1.54, 1.807) is 12.3 Å². The molecule has 4 nitrogen and oxygen atoms in total. The van der Waals surface area contributed by atoms with Crippen LogP contribution >= 0.6 is 23.2 Å². The Labute approximate surface area is 134 Å². The van der Waals surface area contributed by atoms with Crippen molar-refractivity contribution in [3.05, 3.63) is 40.5 Å². The number of piperidine rings is 1. The molecule has 0 unspecified atom stereocenters. The second kappa shape index (κ2) is 6.50. The standard InChI is InChI=1S/C15H16Cl2N4/c16-11-8-12(17)10-13(9-11)19-14-4-5-18-15(20-14)21-6-2-1-3-7-21/h4-5,8-10H,1-3,6-7H2,(H,18,19,20). The molecule has 0 bridgehead atoms. The number of hydrogen-bond acceptors (Lipinski definition) is 4. The van der Waals surface area contributed by atoms with Crippen LogP contribution in [0.3, 0.4) is 0 Å². The van der Waals surface area contributed by atoms with Crippen molar-refractivity contribution in [2.24, 2.45) is 0 Å². The van der Waals surface area contributed by atoms with Crippen LogP contribution in [0.5, 0.6) is 0 Å². The normalized spacial score (nSPS) is 15.0. The zero-order chi connectivity index (χ0) is 14.7. The van der Waals surface area contributed by atoms with Gasteiger partial charge in [-0.1, -0.05) is 23.2 Å². The minimum Gasteiger partial charge on any atom is -0.341 e. The minimum absolute atomic E-state index is 0.593. The Morgan fingerprint density at radius 2 is 1.71 bits per heavy atom. The molecule has 21 heavy (non-hydrogen) atoms. The summed E-state index contributed by atoms with van der Waals surface area (Å²) in [5.41, 5.74) is 0.816. The van der Waals surface area contributed by atoms with Gasteiger partial charge in [-0.3, -0.25) is 0 Å². The van der Waals surface area contributed by atoms with Crippen LogP contribution in [-0.2, 0) is 0 Å². The summed E-state index contributed by atoms with van der Waals surface area (Å²) in [5.74, 6) is 1.51. The predicted octanol–water partition coefficient (Wildman–Crippen LogP) is 4.52. The van der Waals surface area contributed by atoms with E-state index in [1.807, 2.05) is 18.2 Å². The molecule has 1 aromatic carbocycles. The second-order valence-corrected chi connectivity index (χ2v) is 5.95. The summed E-state index contributed by atoms with van der Waals surface area (Å²) in [7, 11) is 0. The van der Waals surface area contributed by atoms with Crippen molar-refractivity contribution >= 4 is 40.7 Å². The van der Waals surface area contributed by atoms with Gasteiger partial charge >= 0.3 is 0 Å². The first-order valence-electron chi connectivity index (χ1n) is 7.02. The minimum atomic E-state index is 0.593. The highest BCUT2D eigenvalue weighted by atomic mass is 35.5. The van der Waals surface area contributed by atoms with E-state index in [9.17, 15) is 0 Å². The highest BCUT2D eigenvalue weighted by Crippen LogP contribution is 2.25. The molecule has 1 aliphatic heterocycles. The number of nitrogens with one attached hydrogen (secondary N) is 1. The van der Waals surface area contributed by atoms with Crippen molar-refractivity contribution in [1.29, 1.82) is 0 Å². The van der Waals surface area contributed by atoms with Gasteiger partial charge in [-0.15, -0.1) is 0 Å². The van der Waals surface area contributed by atoms with Gasteiger partial charge in [-0.05, 0) is 43.5 Å². The van der Waals surface area contributed by atoms with Gasteiger partial charge in [0.15, 0.2) is 0 Å². The Balaban J connectivity index is 1.79. The zero-order valence-electron chi connectivity index (χ0n) is 11.5. The molecule has 0 amide bonds. The number of rotatable bonds is 3. The van der Waals surface area contributed by atoms with E-state index in [0.29, 0.717) is 10.0 Å². The fourth-order valence-corrected chi connectivity index (χ4v) is 2.96. The first-order valence-corrected chi connectivity index (χ1v) is 7.77. The average Bonchev–Trinajstić information content (AvgIpc) is 2.47. The van der Waals surface area contributed by atoms with Gasteiger partial charge in [0.25, 0.3) is 0 Å². The van der Waals surface area contributed by atoms with Crippen LogP contribution in [-0.4, -0.2) is 23.1 Å². The van der Waals surface area contributed by atoms with Gasteiger partial charge in [-0.25, -0.2) is 4.98 Å². The second-order valence-electron chi connectivity index (χ2n) is 5.07. The van der Waals surface area contributed by atoms with E-state index in [-0.39, 0.29) is 0 Å². The molecule has 1 N–H and O–H groups in total. The van der Waals surface area contributed by atoms with Gasteiger partial charge < -0.3 is 10.2 Å². The summed E-state index contributed by atoms with van der Waals surface area (Å²) < 4.78 is 0. The van der Waals surface area contributed by atoms with Gasteiger partial charge in [0, 0.05) is 35.0 Å². The third-order valence-electron chi connectivity index (χ3n) is 3.42. The zero-order valence-corrected chi connectivity index (χ0v) is 13.0. The lowest BCUT2D eigenvalue weighted by atomic mass is 10.1. The van der Waals surface area contributed by atoms with Crippen molar-refractivity contribution in [3.63, 3.8) is 0 Å². The van der Waals surface area contributed by atoms with Crippen LogP contribution in [0.2, 0.25) is 10.0 Å². The quantitative estimate of drug-likeness (QED) is 0.902. The summed E-state index contributed by atoms with van der Waals surface area (Å²) in [4.78, 5) is 11.2. The predicted molar refractivity (Wildman–Crippen MR) is 87.8 cm³/mol. The molecule has 0 atom stereocenters. The molecular formula is C15H16Cl2N4. The lowest BCUT2D eigenvalue weighted by Crippen LogP contribution is -2.31. The molecule has 110 valence electrons. The molecule has 1 aromatic heterocycles. The van der Waals surface area contributed by atoms with Crippen LogP contribution < -0.4 is 10.2 Å². The van der Waals surface area contributed by atoms with E-state index in [0.717, 1.165) is 30.5 Å². The number of halogens is 2. The number of aromatic nitrogens is 2. The van der Waals surface area contributed by atoms with Crippen molar-refractivity contribution in [2.75, 3.05) is 23.3 Å². The van der Waals surface area contributed by atoms with Gasteiger partial charge in [-0.2, -0.15) is 4.98 Å². The molecular weight excluding hydrogens is 307 g/mol. The molecule has 6 heteroatoms. The third-order valence-corrected chi connectivity index (χ3v) is 3.85. The smallest absolute Gasteiger partial charge is 0.227 e. The molecule has 1 fully saturated rings. The van der Waals surface area contributed by atoms with Gasteiger partial charge in [0.2, 0.25) is 5.95 Å². The summed E-state index contributed by atoms with van der Waals surface area (Å²) in [6, 6.07) is 7.17. The molecule has 2 aromatic rings. The molecule has 3 rings (SSSR count). The fourth-order valence-electron chi connectivity index (χ4n) is 2.44. The van der Waals surface area contributed by atoms with E-state index in [2.05, 4.69) is 20.2 Å². The molecule has 0 aliphatic carbocycles. The van der Waals surface area contributed by atoms with Gasteiger partial charge in [0.05, 0.1) is 0 Å². The fraction of sp³-hybridized carbons (Fsp3) is 0.333. The summed E-state index contributed by atoms with van der Waals surface area (Å²) in [5, 5.41) is 4.40. The van der Waals surface area contributed by atoms with E-state index in [1.165, 1.54) is 19.3 Å². The van der Waals surface area contributed by atoms with Crippen molar-refractivity contribution < 1.29 is 0 Å². The Hall–Kier alpha value is -1.52. The van der Waals surface area contributed by atoms with E-state index < -0.39 is 0 Å². The Bertz CT molecular complexity index is 607. The van der Waals surface area contributed by atoms with Crippen LogP contribution in [0.4, 0.5) is 17.5 Å². The molecule has 1 saturated heterocycles.